The normalized spacial score (nSPS) is 13.8. The highest BCUT2D eigenvalue weighted by molar-refractivity contribution is 7.99. The highest BCUT2D eigenvalue weighted by Crippen LogP contribution is 2.43. The second-order valence-corrected chi connectivity index (χ2v) is 9.28. The van der Waals surface area contributed by atoms with E-state index in [0.717, 1.165) is 30.2 Å². The summed E-state index contributed by atoms with van der Waals surface area (Å²) in [5.41, 5.74) is 1.63. The molecule has 1 aromatic heterocycles. The third kappa shape index (κ3) is 5.19. The molecule has 1 aliphatic rings. The molecule has 1 amide bonds. The molecule has 0 radical (unpaired) electrons. The summed E-state index contributed by atoms with van der Waals surface area (Å²) in [6, 6.07) is 9.72. The summed E-state index contributed by atoms with van der Waals surface area (Å²) in [6.45, 7) is 4.06. The van der Waals surface area contributed by atoms with E-state index in [-0.39, 0.29) is 38.7 Å². The average molecular weight is 473 g/mol. The van der Waals surface area contributed by atoms with Crippen LogP contribution in [0.2, 0.25) is 0 Å². The van der Waals surface area contributed by atoms with Crippen molar-refractivity contribution in [2.75, 3.05) is 6.54 Å². The molecule has 1 heterocycles. The van der Waals surface area contributed by atoms with Gasteiger partial charge in [-0.1, -0.05) is 47.7 Å². The molecule has 5 nitrogen and oxygen atoms in total. The molecule has 2 aromatic carbocycles. The number of carbonyl (C=O) groups is 1. The largest absolute Gasteiger partial charge is 0.344 e. The second kappa shape index (κ2) is 9.13. The van der Waals surface area contributed by atoms with Gasteiger partial charge in [0.15, 0.2) is 10.7 Å². The molecule has 0 aliphatic heterocycles. The number of rotatable bonds is 7. The van der Waals surface area contributed by atoms with E-state index >= 15 is 0 Å². The van der Waals surface area contributed by atoms with Crippen molar-refractivity contribution in [1.29, 1.82) is 0 Å². The Hall–Kier alpha value is -2.94. The minimum Gasteiger partial charge on any atom is -0.344 e. The maximum absolute atomic E-state index is 14.9. The summed E-state index contributed by atoms with van der Waals surface area (Å²) in [5.74, 6) is -4.04. The number of nitrogens with one attached hydrogen (secondary N) is 1. The van der Waals surface area contributed by atoms with Crippen LogP contribution < -0.4 is 5.32 Å². The Morgan fingerprint density at radius 3 is 2.61 bits per heavy atom. The zero-order valence-corrected chi connectivity index (χ0v) is 19.3. The van der Waals surface area contributed by atoms with Crippen molar-refractivity contribution in [3.8, 4) is 0 Å². The molecular formula is C24H23F3N4OS. The Morgan fingerprint density at radius 2 is 1.91 bits per heavy atom. The fraction of sp³-hybridized carbons (Fsp3) is 0.333. The second-order valence-electron chi connectivity index (χ2n) is 8.25. The number of hydrogen-bond acceptors (Lipinski definition) is 5. The van der Waals surface area contributed by atoms with Crippen LogP contribution in [0.25, 0.3) is 0 Å². The Bertz CT molecular complexity index is 1210. The Labute approximate surface area is 194 Å². The average Bonchev–Trinajstić information content (AvgIpc) is 3.59. The van der Waals surface area contributed by atoms with E-state index in [1.807, 2.05) is 6.92 Å². The smallest absolute Gasteiger partial charge is 0.290 e. The molecule has 172 valence electrons. The van der Waals surface area contributed by atoms with Gasteiger partial charge < -0.3 is 5.32 Å². The number of aromatic nitrogens is 3. The molecule has 3 aromatic rings. The van der Waals surface area contributed by atoms with E-state index in [2.05, 4.69) is 20.5 Å². The molecule has 9 heteroatoms. The number of alkyl halides is 2. The van der Waals surface area contributed by atoms with E-state index in [1.54, 1.807) is 37.3 Å². The number of carbonyl (C=O) groups excluding carboxylic acids is 1. The Balaban J connectivity index is 1.55. The molecule has 1 aliphatic carbocycles. The fourth-order valence-corrected chi connectivity index (χ4v) is 4.51. The fourth-order valence-electron chi connectivity index (χ4n) is 3.63. The van der Waals surface area contributed by atoms with Crippen LogP contribution >= 0.6 is 11.8 Å². The van der Waals surface area contributed by atoms with Crippen LogP contribution in [0.3, 0.4) is 0 Å². The van der Waals surface area contributed by atoms with Gasteiger partial charge in [-0.05, 0) is 56.7 Å². The predicted octanol–water partition coefficient (Wildman–Crippen LogP) is 5.49. The molecule has 0 saturated heterocycles. The maximum Gasteiger partial charge on any atom is 0.290 e. The summed E-state index contributed by atoms with van der Waals surface area (Å²) < 4.78 is 44.6. The van der Waals surface area contributed by atoms with Crippen molar-refractivity contribution in [3.05, 3.63) is 76.0 Å². The lowest BCUT2D eigenvalue weighted by atomic mass is 10.0. The van der Waals surface area contributed by atoms with Gasteiger partial charge in [-0.3, -0.25) is 4.79 Å². The third-order valence-electron chi connectivity index (χ3n) is 5.44. The van der Waals surface area contributed by atoms with Gasteiger partial charge in [0.2, 0.25) is 0 Å². The SMILES string of the molecule is Cc1ccc(C(F)(F)CNC(=O)c2nc(C)nnc2Sc2cccc(C3CC3)c2F)c(C)c1. The van der Waals surface area contributed by atoms with Crippen molar-refractivity contribution >= 4 is 17.7 Å². The van der Waals surface area contributed by atoms with Crippen LogP contribution in [-0.2, 0) is 5.92 Å². The molecule has 1 N–H and O–H groups in total. The minimum absolute atomic E-state index is 0.0554. The zero-order valence-electron chi connectivity index (χ0n) is 18.5. The minimum atomic E-state index is -3.28. The lowest BCUT2D eigenvalue weighted by Crippen LogP contribution is -2.36. The number of halogens is 3. The van der Waals surface area contributed by atoms with Crippen molar-refractivity contribution in [2.45, 2.75) is 55.4 Å². The number of nitrogens with zero attached hydrogens (tertiary/aromatic N) is 3. The standard InChI is InChI=1S/C24H23F3N4OS/c1-13-7-10-18(14(2)11-13)24(26,27)12-28-22(32)21-23(31-30-15(3)29-21)33-19-6-4-5-17(20(19)25)16-8-9-16/h4-7,10-11,16H,8-9,12H2,1-3H3,(H,28,32). The van der Waals surface area contributed by atoms with Gasteiger partial charge in [0.1, 0.15) is 11.6 Å². The molecule has 1 fully saturated rings. The quantitative estimate of drug-likeness (QED) is 0.493. The molecule has 1 saturated carbocycles. The van der Waals surface area contributed by atoms with Gasteiger partial charge in [0, 0.05) is 10.5 Å². The van der Waals surface area contributed by atoms with Gasteiger partial charge in [-0.2, -0.15) is 8.78 Å². The number of benzene rings is 2. The molecule has 0 bridgehead atoms. The molecule has 4 rings (SSSR count). The zero-order chi connectivity index (χ0) is 23.8. The summed E-state index contributed by atoms with van der Waals surface area (Å²) >= 11 is 0.912. The first-order valence-electron chi connectivity index (χ1n) is 10.6. The van der Waals surface area contributed by atoms with Gasteiger partial charge in [-0.25, -0.2) is 9.37 Å². The summed E-state index contributed by atoms with van der Waals surface area (Å²) in [5, 5.41) is 10.2. The lowest BCUT2D eigenvalue weighted by Gasteiger charge is -2.20. The summed E-state index contributed by atoms with van der Waals surface area (Å²) in [6.07, 6.45) is 1.89. The van der Waals surface area contributed by atoms with Crippen LogP contribution in [0, 0.1) is 26.6 Å². The number of amides is 1. The van der Waals surface area contributed by atoms with Gasteiger partial charge in [0.05, 0.1) is 6.54 Å². The lowest BCUT2D eigenvalue weighted by molar-refractivity contribution is -0.00316. The van der Waals surface area contributed by atoms with Gasteiger partial charge in [0.25, 0.3) is 11.8 Å². The van der Waals surface area contributed by atoms with Crippen LogP contribution in [0.4, 0.5) is 13.2 Å². The van der Waals surface area contributed by atoms with Crippen LogP contribution in [-0.4, -0.2) is 27.6 Å². The van der Waals surface area contributed by atoms with Crippen molar-refractivity contribution < 1.29 is 18.0 Å². The summed E-state index contributed by atoms with van der Waals surface area (Å²) in [4.78, 5) is 17.2. The van der Waals surface area contributed by atoms with Gasteiger partial charge in [-0.15, -0.1) is 10.2 Å². The first-order chi connectivity index (χ1) is 15.7. The van der Waals surface area contributed by atoms with Crippen molar-refractivity contribution in [2.24, 2.45) is 0 Å². The molecule has 33 heavy (non-hydrogen) atoms. The van der Waals surface area contributed by atoms with Crippen molar-refractivity contribution in [3.63, 3.8) is 0 Å². The summed E-state index contributed by atoms with van der Waals surface area (Å²) in [7, 11) is 0. The van der Waals surface area contributed by atoms with Crippen LogP contribution in [0.5, 0.6) is 0 Å². The van der Waals surface area contributed by atoms with E-state index in [1.165, 1.54) is 13.0 Å². The molecule has 0 spiro atoms. The molecule has 0 atom stereocenters. The molecular weight excluding hydrogens is 449 g/mol. The number of aryl methyl sites for hydroxylation is 3. The van der Waals surface area contributed by atoms with E-state index in [9.17, 15) is 18.0 Å². The maximum atomic E-state index is 14.9. The van der Waals surface area contributed by atoms with Crippen LogP contribution in [0.1, 0.15) is 57.3 Å². The Morgan fingerprint density at radius 1 is 1.15 bits per heavy atom. The van der Waals surface area contributed by atoms with E-state index < -0.39 is 18.4 Å². The van der Waals surface area contributed by atoms with E-state index in [0.29, 0.717) is 11.1 Å². The third-order valence-corrected chi connectivity index (χ3v) is 6.44. The number of hydrogen-bond donors (Lipinski definition) is 1. The Kier molecular flexibility index (Phi) is 6.43. The highest BCUT2D eigenvalue weighted by Gasteiger charge is 2.34. The first-order valence-corrected chi connectivity index (χ1v) is 11.4. The van der Waals surface area contributed by atoms with Crippen molar-refractivity contribution in [1.82, 2.24) is 20.5 Å². The van der Waals surface area contributed by atoms with Crippen LogP contribution in [0.15, 0.2) is 46.3 Å². The monoisotopic (exact) mass is 472 g/mol. The van der Waals surface area contributed by atoms with Gasteiger partial charge >= 0.3 is 0 Å². The predicted molar refractivity (Wildman–Crippen MR) is 119 cm³/mol. The molecule has 0 unspecified atom stereocenters. The highest BCUT2D eigenvalue weighted by atomic mass is 32.2. The first kappa shape index (κ1) is 23.2. The van der Waals surface area contributed by atoms with E-state index in [4.69, 9.17) is 0 Å². The topological polar surface area (TPSA) is 67.8 Å².